The summed E-state index contributed by atoms with van der Waals surface area (Å²) in [5.41, 5.74) is 0. The summed E-state index contributed by atoms with van der Waals surface area (Å²) >= 11 is 0. The SMILES string of the molecule is COC(=O)[C@@H]1C[C@@H](O[Si](C)(C)C(C)(C)C)C(=O)N1. The molecule has 0 saturated carbocycles. The summed E-state index contributed by atoms with van der Waals surface area (Å²) in [4.78, 5) is 23.2. The molecule has 6 heteroatoms. The number of nitrogens with one attached hydrogen (secondary N) is 1. The summed E-state index contributed by atoms with van der Waals surface area (Å²) in [6.07, 6.45) is -0.173. The lowest BCUT2D eigenvalue weighted by molar-refractivity contribution is -0.143. The average Bonchev–Trinajstić information content (AvgIpc) is 2.57. The number of carbonyl (C=O) groups excluding carboxylic acids is 2. The quantitative estimate of drug-likeness (QED) is 0.624. The molecular weight excluding hydrogens is 250 g/mol. The predicted molar refractivity (Wildman–Crippen MR) is 70.6 cm³/mol. The smallest absolute Gasteiger partial charge is 0.328 e. The lowest BCUT2D eigenvalue weighted by atomic mass is 10.2. The van der Waals surface area contributed by atoms with Crippen LogP contribution in [0.1, 0.15) is 27.2 Å². The first kappa shape index (κ1) is 15.2. The molecule has 0 aromatic rings. The number of amides is 1. The Kier molecular flexibility index (Phi) is 4.22. The van der Waals surface area contributed by atoms with Crippen molar-refractivity contribution in [1.29, 1.82) is 0 Å². The molecule has 1 aliphatic rings. The Bertz CT molecular complexity index is 348. The van der Waals surface area contributed by atoms with E-state index in [9.17, 15) is 9.59 Å². The van der Waals surface area contributed by atoms with Crippen LogP contribution in [0.2, 0.25) is 18.1 Å². The number of esters is 1. The molecule has 1 amide bonds. The predicted octanol–water partition coefficient (Wildman–Crippen LogP) is 1.44. The van der Waals surface area contributed by atoms with Crippen LogP contribution in [0.5, 0.6) is 0 Å². The molecule has 5 nitrogen and oxygen atoms in total. The van der Waals surface area contributed by atoms with Crippen LogP contribution in [0.3, 0.4) is 0 Å². The summed E-state index contributed by atoms with van der Waals surface area (Å²) in [6.45, 7) is 10.5. The number of rotatable bonds is 3. The first-order valence-corrected chi connectivity index (χ1v) is 9.05. The number of ether oxygens (including phenoxy) is 1. The van der Waals surface area contributed by atoms with E-state index >= 15 is 0 Å². The largest absolute Gasteiger partial charge is 0.467 e. The molecule has 18 heavy (non-hydrogen) atoms. The normalized spacial score (nSPS) is 24.9. The Morgan fingerprint density at radius 2 is 1.94 bits per heavy atom. The molecule has 0 bridgehead atoms. The van der Waals surface area contributed by atoms with Gasteiger partial charge in [-0.3, -0.25) is 4.79 Å². The van der Waals surface area contributed by atoms with Gasteiger partial charge in [0, 0.05) is 6.42 Å². The van der Waals surface area contributed by atoms with E-state index < -0.39 is 26.4 Å². The zero-order chi connectivity index (χ0) is 14.1. The van der Waals surface area contributed by atoms with Gasteiger partial charge < -0.3 is 14.5 Å². The maximum atomic E-state index is 11.8. The van der Waals surface area contributed by atoms with E-state index in [0.29, 0.717) is 6.42 Å². The highest BCUT2D eigenvalue weighted by atomic mass is 28.4. The number of carbonyl (C=O) groups is 2. The van der Waals surface area contributed by atoms with Crippen molar-refractivity contribution in [2.75, 3.05) is 7.11 Å². The van der Waals surface area contributed by atoms with E-state index in [1.807, 2.05) is 0 Å². The Labute approximate surface area is 109 Å². The molecule has 2 atom stereocenters. The second kappa shape index (κ2) is 5.01. The molecule has 0 aromatic carbocycles. The molecular formula is C12H23NO4Si. The van der Waals surface area contributed by atoms with Crippen LogP contribution in [-0.2, 0) is 18.8 Å². The van der Waals surface area contributed by atoms with E-state index in [1.54, 1.807) is 0 Å². The lowest BCUT2D eigenvalue weighted by Gasteiger charge is -2.37. The molecule has 0 spiro atoms. The van der Waals surface area contributed by atoms with E-state index in [0.717, 1.165) is 0 Å². The van der Waals surface area contributed by atoms with Crippen molar-refractivity contribution >= 4 is 20.2 Å². The lowest BCUT2D eigenvalue weighted by Crippen LogP contribution is -2.45. The summed E-state index contributed by atoms with van der Waals surface area (Å²) < 4.78 is 10.6. The molecule has 1 rings (SSSR count). The molecule has 0 aromatic heterocycles. The monoisotopic (exact) mass is 273 g/mol. The van der Waals surface area contributed by atoms with Gasteiger partial charge in [0.05, 0.1) is 7.11 Å². The van der Waals surface area contributed by atoms with E-state index in [-0.39, 0.29) is 10.9 Å². The van der Waals surface area contributed by atoms with Crippen LogP contribution < -0.4 is 5.32 Å². The molecule has 0 aliphatic carbocycles. The van der Waals surface area contributed by atoms with Crippen molar-refractivity contribution in [3.63, 3.8) is 0 Å². The van der Waals surface area contributed by atoms with Crippen LogP contribution in [-0.4, -0.2) is 39.4 Å². The molecule has 1 fully saturated rings. The van der Waals surface area contributed by atoms with Gasteiger partial charge in [-0.05, 0) is 18.1 Å². The van der Waals surface area contributed by atoms with Gasteiger partial charge in [-0.2, -0.15) is 0 Å². The molecule has 0 radical (unpaired) electrons. The van der Waals surface area contributed by atoms with Crippen molar-refractivity contribution in [2.24, 2.45) is 0 Å². The number of hydrogen-bond acceptors (Lipinski definition) is 4. The van der Waals surface area contributed by atoms with Crippen molar-refractivity contribution in [1.82, 2.24) is 5.32 Å². The van der Waals surface area contributed by atoms with Crippen molar-refractivity contribution < 1.29 is 18.8 Å². The zero-order valence-electron chi connectivity index (χ0n) is 12.0. The fraction of sp³-hybridized carbons (Fsp3) is 0.833. The highest BCUT2D eigenvalue weighted by molar-refractivity contribution is 6.74. The highest BCUT2D eigenvalue weighted by Gasteiger charge is 2.45. The summed E-state index contributed by atoms with van der Waals surface area (Å²) in [7, 11) is -0.683. The van der Waals surface area contributed by atoms with Gasteiger partial charge in [0.15, 0.2) is 8.32 Å². The number of hydrogen-bond donors (Lipinski definition) is 1. The van der Waals surface area contributed by atoms with E-state index in [4.69, 9.17) is 4.43 Å². The first-order valence-electron chi connectivity index (χ1n) is 6.14. The average molecular weight is 273 g/mol. The second-order valence-corrected chi connectivity index (χ2v) is 10.9. The van der Waals surface area contributed by atoms with Crippen LogP contribution in [0.25, 0.3) is 0 Å². The van der Waals surface area contributed by atoms with Crippen molar-refractivity contribution in [2.45, 2.75) is 57.5 Å². The van der Waals surface area contributed by atoms with E-state index in [2.05, 4.69) is 43.9 Å². The summed E-state index contributed by atoms with van der Waals surface area (Å²) in [6, 6.07) is -0.572. The molecule has 1 N–H and O–H groups in total. The third-order valence-corrected chi connectivity index (χ3v) is 8.27. The van der Waals surface area contributed by atoms with Gasteiger partial charge in [-0.25, -0.2) is 4.79 Å². The third kappa shape index (κ3) is 3.11. The standard InChI is InChI=1S/C12H23NO4Si/c1-12(2,3)18(5,6)17-9-7-8(11(15)16-4)13-10(9)14/h8-9H,7H2,1-6H3,(H,13,14)/t8-,9+/m0/s1. The minimum absolute atomic E-state index is 0.0383. The van der Waals surface area contributed by atoms with Crippen molar-refractivity contribution in [3.8, 4) is 0 Å². The van der Waals surface area contributed by atoms with Gasteiger partial charge in [0.25, 0.3) is 0 Å². The van der Waals surface area contributed by atoms with Crippen molar-refractivity contribution in [3.05, 3.63) is 0 Å². The summed E-state index contributed by atoms with van der Waals surface area (Å²) in [5, 5.41) is 2.65. The summed E-state index contributed by atoms with van der Waals surface area (Å²) in [5.74, 6) is -0.625. The fourth-order valence-electron chi connectivity index (χ4n) is 1.58. The molecule has 1 saturated heterocycles. The Hall–Kier alpha value is -0.883. The Balaban J connectivity index is 2.70. The van der Waals surface area contributed by atoms with Gasteiger partial charge in [-0.15, -0.1) is 0 Å². The molecule has 1 aliphatic heterocycles. The minimum Gasteiger partial charge on any atom is -0.467 e. The topological polar surface area (TPSA) is 64.6 Å². The second-order valence-electron chi connectivity index (χ2n) is 6.19. The number of methoxy groups -OCH3 is 1. The molecule has 0 unspecified atom stereocenters. The Morgan fingerprint density at radius 3 is 2.39 bits per heavy atom. The first-order chi connectivity index (χ1) is 8.08. The maximum Gasteiger partial charge on any atom is 0.328 e. The minimum atomic E-state index is -2.00. The molecule has 104 valence electrons. The van der Waals surface area contributed by atoms with Gasteiger partial charge >= 0.3 is 5.97 Å². The van der Waals surface area contributed by atoms with Gasteiger partial charge in [-0.1, -0.05) is 20.8 Å². The highest BCUT2D eigenvalue weighted by Crippen LogP contribution is 2.38. The van der Waals surface area contributed by atoms with Crippen LogP contribution in [0.4, 0.5) is 0 Å². The zero-order valence-corrected chi connectivity index (χ0v) is 13.0. The van der Waals surface area contributed by atoms with Crippen LogP contribution >= 0.6 is 0 Å². The third-order valence-electron chi connectivity index (χ3n) is 3.79. The van der Waals surface area contributed by atoms with Gasteiger partial charge in [0.1, 0.15) is 12.1 Å². The van der Waals surface area contributed by atoms with E-state index in [1.165, 1.54) is 7.11 Å². The molecule has 1 heterocycles. The fourth-order valence-corrected chi connectivity index (χ4v) is 2.84. The van der Waals surface area contributed by atoms with Crippen LogP contribution in [0, 0.1) is 0 Å². The maximum absolute atomic E-state index is 11.8. The van der Waals surface area contributed by atoms with Gasteiger partial charge in [0.2, 0.25) is 5.91 Å². The van der Waals surface area contributed by atoms with Crippen LogP contribution in [0.15, 0.2) is 0 Å². The Morgan fingerprint density at radius 1 is 1.39 bits per heavy atom.